The topological polar surface area (TPSA) is 41.8 Å². The van der Waals surface area contributed by atoms with Gasteiger partial charge in [0.1, 0.15) is 0 Å². The van der Waals surface area contributed by atoms with Crippen LogP contribution >= 0.6 is 11.8 Å². The van der Waals surface area contributed by atoms with E-state index in [0.29, 0.717) is 0 Å². The standard InChI is InChI=1S/C22H24N2S/c1-14(9-20-10-16(3)21(23)11-15(20)2)13-25-17(4)18-5-6-22-19(12-18)7-8-24-22/h5-8,10-13,24H,4,9,23H2,1-3H3/b14-13+. The number of aromatic nitrogens is 1. The summed E-state index contributed by atoms with van der Waals surface area (Å²) in [6.07, 6.45) is 2.90. The number of nitrogens with one attached hydrogen (secondary N) is 1. The molecule has 0 radical (unpaired) electrons. The number of hydrogen-bond donors (Lipinski definition) is 2. The number of H-pyrrole nitrogens is 1. The fraction of sp³-hybridized carbons (Fsp3) is 0.182. The van der Waals surface area contributed by atoms with Gasteiger partial charge in [-0.25, -0.2) is 0 Å². The third-order valence-electron chi connectivity index (χ3n) is 4.47. The highest BCUT2D eigenvalue weighted by molar-refractivity contribution is 8.10. The summed E-state index contributed by atoms with van der Waals surface area (Å²) in [5, 5.41) is 3.42. The zero-order chi connectivity index (χ0) is 18.0. The third kappa shape index (κ3) is 3.99. The zero-order valence-electron chi connectivity index (χ0n) is 15.0. The summed E-state index contributed by atoms with van der Waals surface area (Å²) in [7, 11) is 0. The van der Waals surface area contributed by atoms with Crippen molar-refractivity contribution in [1.82, 2.24) is 4.98 Å². The van der Waals surface area contributed by atoms with Gasteiger partial charge in [0.15, 0.2) is 0 Å². The minimum atomic E-state index is 0.866. The van der Waals surface area contributed by atoms with E-state index in [4.69, 9.17) is 5.73 Å². The number of fused-ring (bicyclic) bond motifs is 1. The molecule has 0 saturated heterocycles. The quantitative estimate of drug-likeness (QED) is 0.538. The van der Waals surface area contributed by atoms with Crippen molar-refractivity contribution < 1.29 is 0 Å². The van der Waals surface area contributed by atoms with Crippen molar-refractivity contribution >= 4 is 33.3 Å². The van der Waals surface area contributed by atoms with Crippen molar-refractivity contribution in [3.63, 3.8) is 0 Å². The number of rotatable bonds is 5. The van der Waals surface area contributed by atoms with E-state index in [1.807, 2.05) is 6.20 Å². The van der Waals surface area contributed by atoms with Gasteiger partial charge < -0.3 is 10.7 Å². The molecule has 0 unspecified atom stereocenters. The predicted octanol–water partition coefficient (Wildman–Crippen LogP) is 6.22. The molecule has 0 saturated carbocycles. The smallest absolute Gasteiger partial charge is 0.0454 e. The SMILES string of the molecule is C=C(S/C=C(\C)Cc1cc(C)c(N)cc1C)c1ccc2[nH]ccc2c1. The molecule has 3 rings (SSSR count). The Balaban J connectivity index is 1.70. The van der Waals surface area contributed by atoms with Crippen LogP contribution in [0.15, 0.2) is 60.2 Å². The summed E-state index contributed by atoms with van der Waals surface area (Å²) in [5.41, 5.74) is 14.2. The number of aryl methyl sites for hydroxylation is 2. The molecule has 0 spiro atoms. The summed E-state index contributed by atoms with van der Waals surface area (Å²) in [6.45, 7) is 10.6. The van der Waals surface area contributed by atoms with Crippen LogP contribution in [-0.4, -0.2) is 4.98 Å². The summed E-state index contributed by atoms with van der Waals surface area (Å²) in [4.78, 5) is 4.28. The van der Waals surface area contributed by atoms with Gasteiger partial charge in [0, 0.05) is 22.3 Å². The fourth-order valence-corrected chi connectivity index (χ4v) is 3.59. The Hall–Kier alpha value is -2.39. The average Bonchev–Trinajstić information content (AvgIpc) is 3.05. The van der Waals surface area contributed by atoms with Crippen LogP contribution in [0.1, 0.15) is 29.2 Å². The van der Waals surface area contributed by atoms with Gasteiger partial charge in [-0.15, -0.1) is 0 Å². The Morgan fingerprint density at radius 3 is 2.76 bits per heavy atom. The number of benzene rings is 2. The first-order valence-electron chi connectivity index (χ1n) is 8.38. The van der Waals surface area contributed by atoms with E-state index >= 15 is 0 Å². The third-order valence-corrected chi connectivity index (χ3v) is 5.51. The summed E-state index contributed by atoms with van der Waals surface area (Å²) in [5.74, 6) is 0. The van der Waals surface area contributed by atoms with Gasteiger partial charge >= 0.3 is 0 Å². The van der Waals surface area contributed by atoms with Crippen molar-refractivity contribution in [2.24, 2.45) is 0 Å². The molecule has 3 aromatic rings. The van der Waals surface area contributed by atoms with Crippen LogP contribution in [0, 0.1) is 13.8 Å². The Kier molecular flexibility index (Phi) is 5.05. The molecule has 0 aliphatic heterocycles. The Morgan fingerprint density at radius 2 is 1.96 bits per heavy atom. The second-order valence-corrected chi connectivity index (χ2v) is 7.56. The second-order valence-electron chi connectivity index (χ2n) is 6.60. The molecule has 0 bridgehead atoms. The van der Waals surface area contributed by atoms with Crippen LogP contribution in [0.3, 0.4) is 0 Å². The van der Waals surface area contributed by atoms with Gasteiger partial charge in [0.2, 0.25) is 0 Å². The molecule has 1 heterocycles. The van der Waals surface area contributed by atoms with E-state index in [1.165, 1.54) is 27.6 Å². The maximum absolute atomic E-state index is 5.98. The molecule has 0 aliphatic carbocycles. The van der Waals surface area contributed by atoms with Crippen LogP contribution in [0.25, 0.3) is 15.8 Å². The van der Waals surface area contributed by atoms with Gasteiger partial charge in [-0.05, 0) is 84.5 Å². The molecule has 2 aromatic carbocycles. The molecule has 0 fully saturated rings. The molecule has 0 atom stereocenters. The monoisotopic (exact) mass is 348 g/mol. The minimum absolute atomic E-state index is 0.866. The summed E-state index contributed by atoms with van der Waals surface area (Å²) in [6, 6.07) is 12.7. The van der Waals surface area contributed by atoms with Gasteiger partial charge in [-0.3, -0.25) is 0 Å². The van der Waals surface area contributed by atoms with E-state index in [-0.39, 0.29) is 0 Å². The number of nitrogens with two attached hydrogens (primary N) is 1. The summed E-state index contributed by atoms with van der Waals surface area (Å²) >= 11 is 1.69. The van der Waals surface area contributed by atoms with Crippen molar-refractivity contribution in [3.8, 4) is 0 Å². The molecular formula is C22H24N2S. The van der Waals surface area contributed by atoms with E-state index in [9.17, 15) is 0 Å². The van der Waals surface area contributed by atoms with Crippen molar-refractivity contribution in [2.75, 3.05) is 5.73 Å². The van der Waals surface area contributed by atoms with Gasteiger partial charge in [-0.2, -0.15) is 0 Å². The van der Waals surface area contributed by atoms with Crippen LogP contribution in [0.2, 0.25) is 0 Å². The number of anilines is 1. The number of nitrogen functional groups attached to an aromatic ring is 1. The lowest BCUT2D eigenvalue weighted by Gasteiger charge is -2.10. The fourth-order valence-electron chi connectivity index (χ4n) is 2.90. The van der Waals surface area contributed by atoms with Gasteiger partial charge in [-0.1, -0.05) is 36.0 Å². The predicted molar refractivity (Wildman–Crippen MR) is 113 cm³/mol. The van der Waals surface area contributed by atoms with E-state index in [0.717, 1.165) is 28.1 Å². The number of allylic oxidation sites excluding steroid dienone is 1. The second kappa shape index (κ2) is 7.24. The first kappa shape index (κ1) is 17.4. The Labute approximate surface area is 153 Å². The lowest BCUT2D eigenvalue weighted by molar-refractivity contribution is 1.11. The van der Waals surface area contributed by atoms with E-state index in [1.54, 1.807) is 11.8 Å². The Morgan fingerprint density at radius 1 is 1.16 bits per heavy atom. The first-order chi connectivity index (χ1) is 11.9. The number of thioether (sulfide) groups is 1. The molecule has 25 heavy (non-hydrogen) atoms. The molecular weight excluding hydrogens is 324 g/mol. The van der Waals surface area contributed by atoms with Crippen LogP contribution < -0.4 is 5.73 Å². The van der Waals surface area contributed by atoms with E-state index < -0.39 is 0 Å². The van der Waals surface area contributed by atoms with Gasteiger partial charge in [0.25, 0.3) is 0 Å². The summed E-state index contributed by atoms with van der Waals surface area (Å²) < 4.78 is 0. The normalized spacial score (nSPS) is 11.9. The van der Waals surface area contributed by atoms with Crippen molar-refractivity contribution in [3.05, 3.63) is 82.4 Å². The Bertz CT molecular complexity index is 963. The lowest BCUT2D eigenvalue weighted by Crippen LogP contribution is -1.96. The molecule has 1 aromatic heterocycles. The highest BCUT2D eigenvalue weighted by Crippen LogP contribution is 2.30. The van der Waals surface area contributed by atoms with Crippen LogP contribution in [0.5, 0.6) is 0 Å². The molecule has 0 amide bonds. The van der Waals surface area contributed by atoms with Crippen molar-refractivity contribution in [1.29, 1.82) is 0 Å². The highest BCUT2D eigenvalue weighted by atomic mass is 32.2. The minimum Gasteiger partial charge on any atom is -0.399 e. The van der Waals surface area contributed by atoms with Crippen molar-refractivity contribution in [2.45, 2.75) is 27.2 Å². The molecule has 2 nitrogen and oxygen atoms in total. The highest BCUT2D eigenvalue weighted by Gasteiger charge is 2.05. The lowest BCUT2D eigenvalue weighted by atomic mass is 9.99. The zero-order valence-corrected chi connectivity index (χ0v) is 15.8. The number of hydrogen-bond acceptors (Lipinski definition) is 2. The molecule has 3 N–H and O–H groups in total. The van der Waals surface area contributed by atoms with Crippen LogP contribution in [-0.2, 0) is 6.42 Å². The maximum Gasteiger partial charge on any atom is 0.0454 e. The molecule has 3 heteroatoms. The molecule has 128 valence electrons. The number of aromatic amines is 1. The first-order valence-corrected chi connectivity index (χ1v) is 9.26. The van der Waals surface area contributed by atoms with Gasteiger partial charge in [0.05, 0.1) is 0 Å². The van der Waals surface area contributed by atoms with Crippen LogP contribution in [0.4, 0.5) is 5.69 Å². The molecule has 0 aliphatic rings. The maximum atomic E-state index is 5.98. The van der Waals surface area contributed by atoms with E-state index in [2.05, 4.69) is 74.1 Å². The average molecular weight is 349 g/mol. The largest absolute Gasteiger partial charge is 0.399 e.